The van der Waals surface area contributed by atoms with Gasteiger partial charge in [-0.3, -0.25) is 14.5 Å². The lowest BCUT2D eigenvalue weighted by molar-refractivity contribution is -0.122. The fourth-order valence-electron chi connectivity index (χ4n) is 3.92. The highest BCUT2D eigenvalue weighted by Gasteiger charge is 2.24. The van der Waals surface area contributed by atoms with Crippen molar-refractivity contribution in [3.8, 4) is 11.4 Å². The number of aromatic amines is 1. The minimum absolute atomic E-state index is 0.0815. The number of pyridine rings is 1. The summed E-state index contributed by atoms with van der Waals surface area (Å²) < 4.78 is 2.13. The van der Waals surface area contributed by atoms with Crippen LogP contribution in [0.3, 0.4) is 0 Å². The number of nitrogens with one attached hydrogen (secondary N) is 1. The summed E-state index contributed by atoms with van der Waals surface area (Å²) in [6, 6.07) is 8.65. The number of aromatic nitrogens is 3. The molecule has 3 heterocycles. The van der Waals surface area contributed by atoms with Crippen molar-refractivity contribution >= 4 is 29.1 Å². The average molecular weight is 415 g/mol. The van der Waals surface area contributed by atoms with Crippen LogP contribution in [-0.2, 0) is 11.3 Å². The Morgan fingerprint density at radius 2 is 2.17 bits per heavy atom. The largest absolute Gasteiger partial charge is 0.483 e. The molecular weight excluding hydrogens is 388 g/mol. The Kier molecular flexibility index (Phi) is 7.11. The second-order valence-electron chi connectivity index (χ2n) is 6.90. The molecule has 7 nitrogen and oxygen atoms in total. The van der Waals surface area contributed by atoms with E-state index in [0.717, 1.165) is 34.7 Å². The van der Waals surface area contributed by atoms with Crippen molar-refractivity contribution in [3.63, 3.8) is 0 Å². The number of thioether (sulfide) groups is 1. The van der Waals surface area contributed by atoms with E-state index in [-0.39, 0.29) is 12.0 Å². The van der Waals surface area contributed by atoms with Crippen LogP contribution in [0.15, 0.2) is 46.3 Å². The third-order valence-electron chi connectivity index (χ3n) is 5.32. The molecule has 1 aliphatic rings. The number of benzene rings is 1. The Morgan fingerprint density at radius 3 is 2.90 bits per heavy atom. The van der Waals surface area contributed by atoms with Crippen LogP contribution in [-0.4, -0.2) is 56.4 Å². The predicted molar refractivity (Wildman–Crippen MR) is 117 cm³/mol. The van der Waals surface area contributed by atoms with Crippen molar-refractivity contribution in [1.82, 2.24) is 19.4 Å². The summed E-state index contributed by atoms with van der Waals surface area (Å²) >= 11 is 1.67. The van der Waals surface area contributed by atoms with E-state index in [1.165, 1.54) is 19.4 Å². The van der Waals surface area contributed by atoms with Crippen molar-refractivity contribution < 1.29 is 9.90 Å². The first-order valence-corrected chi connectivity index (χ1v) is 10.9. The summed E-state index contributed by atoms with van der Waals surface area (Å²) in [7, 11) is 0. The lowest BCUT2D eigenvalue weighted by Crippen LogP contribution is -2.32. The molecule has 8 heteroatoms. The van der Waals surface area contributed by atoms with E-state index in [2.05, 4.69) is 38.5 Å². The topological polar surface area (TPSA) is 91.2 Å². The molecule has 2 N–H and O–H groups in total. The van der Waals surface area contributed by atoms with Gasteiger partial charge in [0.1, 0.15) is 5.82 Å². The highest BCUT2D eigenvalue weighted by molar-refractivity contribution is 7.98. The van der Waals surface area contributed by atoms with Gasteiger partial charge in [0.05, 0.1) is 5.56 Å². The number of nitrogens with zero attached hydrogens (tertiary/aromatic N) is 3. The molecule has 1 saturated heterocycles. The maximum Gasteiger partial charge on any atom is 0.290 e. The van der Waals surface area contributed by atoms with Gasteiger partial charge in [0.2, 0.25) is 0 Å². The van der Waals surface area contributed by atoms with Crippen LogP contribution in [0.5, 0.6) is 0 Å². The Morgan fingerprint density at radius 1 is 1.38 bits per heavy atom. The van der Waals surface area contributed by atoms with Gasteiger partial charge in [0.15, 0.2) is 0 Å². The maximum absolute atomic E-state index is 12.7. The smallest absolute Gasteiger partial charge is 0.290 e. The standard InChI is InChI=1S/C20H24N4OS.CH2O2/c1-3-23-9-4-5-15(23)13-24-10-8-21-19(24)17-11-14-6-7-16(26-2)12-18(14)22-20(17)25;2-1-3/h6-8,10-12,15H,3-5,9,13H2,1-2H3,(H,22,25);1H,(H,2,3). The van der Waals surface area contributed by atoms with Crippen molar-refractivity contribution in [1.29, 1.82) is 0 Å². The zero-order valence-electron chi connectivity index (χ0n) is 16.7. The Balaban J connectivity index is 0.000000755. The van der Waals surface area contributed by atoms with Crippen LogP contribution in [0.4, 0.5) is 0 Å². The zero-order valence-corrected chi connectivity index (χ0v) is 17.5. The van der Waals surface area contributed by atoms with Crippen molar-refractivity contribution in [2.75, 3.05) is 19.3 Å². The summed E-state index contributed by atoms with van der Waals surface area (Å²) in [6.45, 7) is 5.08. The fraction of sp³-hybridized carbons (Fsp3) is 0.381. The second kappa shape index (κ2) is 9.76. The van der Waals surface area contributed by atoms with E-state index in [1.54, 1.807) is 18.0 Å². The zero-order chi connectivity index (χ0) is 20.8. The Hall–Kier alpha value is -2.58. The van der Waals surface area contributed by atoms with Crippen LogP contribution >= 0.6 is 11.8 Å². The molecule has 29 heavy (non-hydrogen) atoms. The monoisotopic (exact) mass is 414 g/mol. The maximum atomic E-state index is 12.7. The van der Waals surface area contributed by atoms with Crippen LogP contribution in [0.25, 0.3) is 22.3 Å². The van der Waals surface area contributed by atoms with Gasteiger partial charge < -0.3 is 14.7 Å². The predicted octanol–water partition coefficient (Wildman–Crippen LogP) is 3.30. The van der Waals surface area contributed by atoms with Crippen LogP contribution in [0.1, 0.15) is 19.8 Å². The third kappa shape index (κ3) is 4.71. The number of carboxylic acid groups (broad SMARTS) is 1. The molecule has 1 aromatic carbocycles. The van der Waals surface area contributed by atoms with E-state index < -0.39 is 0 Å². The van der Waals surface area contributed by atoms with Crippen LogP contribution in [0.2, 0.25) is 0 Å². The molecule has 1 aliphatic heterocycles. The molecule has 3 aromatic rings. The molecule has 0 bridgehead atoms. The number of imidazole rings is 1. The third-order valence-corrected chi connectivity index (χ3v) is 6.05. The van der Waals surface area contributed by atoms with Gasteiger partial charge in [-0.25, -0.2) is 4.98 Å². The van der Waals surface area contributed by atoms with E-state index in [0.29, 0.717) is 11.6 Å². The van der Waals surface area contributed by atoms with Gasteiger partial charge in [0.25, 0.3) is 12.0 Å². The highest BCUT2D eigenvalue weighted by atomic mass is 32.2. The molecular formula is C21H26N4O3S. The number of hydrogen-bond donors (Lipinski definition) is 2. The molecule has 4 rings (SSSR count). The summed E-state index contributed by atoms with van der Waals surface area (Å²) in [4.78, 5) is 32.3. The summed E-state index contributed by atoms with van der Waals surface area (Å²) in [5.41, 5.74) is 1.43. The van der Waals surface area contributed by atoms with E-state index in [1.807, 2.05) is 24.6 Å². The SMILES string of the molecule is CCN1CCCC1Cn1ccnc1-c1cc2ccc(SC)cc2[nH]c1=O.O=CO. The van der Waals surface area contributed by atoms with E-state index in [9.17, 15) is 4.79 Å². The lowest BCUT2D eigenvalue weighted by Gasteiger charge is -2.23. The molecule has 154 valence electrons. The van der Waals surface area contributed by atoms with Gasteiger partial charge >= 0.3 is 0 Å². The van der Waals surface area contributed by atoms with Crippen LogP contribution in [0, 0.1) is 0 Å². The van der Waals surface area contributed by atoms with E-state index >= 15 is 0 Å². The lowest BCUT2D eigenvalue weighted by atomic mass is 10.1. The second-order valence-corrected chi connectivity index (χ2v) is 7.78. The molecule has 0 spiro atoms. The molecule has 1 unspecified atom stereocenters. The number of fused-ring (bicyclic) bond motifs is 1. The van der Waals surface area contributed by atoms with Gasteiger partial charge in [-0.15, -0.1) is 11.8 Å². The van der Waals surface area contributed by atoms with Crippen molar-refractivity contribution in [2.45, 2.75) is 37.2 Å². The summed E-state index contributed by atoms with van der Waals surface area (Å²) in [6.07, 6.45) is 8.27. The fourth-order valence-corrected chi connectivity index (χ4v) is 4.36. The van der Waals surface area contributed by atoms with Crippen molar-refractivity contribution in [3.05, 3.63) is 47.0 Å². The van der Waals surface area contributed by atoms with Crippen molar-refractivity contribution in [2.24, 2.45) is 0 Å². The minimum atomic E-state index is -0.250. The molecule has 1 fully saturated rings. The average Bonchev–Trinajstić information content (AvgIpc) is 3.37. The normalized spacial score (nSPS) is 16.6. The molecule has 0 radical (unpaired) electrons. The molecule has 1 atom stereocenters. The van der Waals surface area contributed by atoms with Gasteiger partial charge in [0, 0.05) is 35.4 Å². The molecule has 0 saturated carbocycles. The number of carbonyl (C=O) groups is 1. The first-order chi connectivity index (χ1) is 14.1. The Bertz CT molecular complexity index is 1030. The van der Waals surface area contributed by atoms with Gasteiger partial charge in [-0.2, -0.15) is 0 Å². The molecule has 2 aromatic heterocycles. The number of H-pyrrole nitrogens is 1. The first-order valence-electron chi connectivity index (χ1n) is 9.65. The number of hydrogen-bond acceptors (Lipinski definition) is 5. The van der Waals surface area contributed by atoms with Crippen LogP contribution < -0.4 is 5.56 Å². The highest BCUT2D eigenvalue weighted by Crippen LogP contribution is 2.24. The quantitative estimate of drug-likeness (QED) is 0.492. The number of likely N-dealkylation sites (N-methyl/N-ethyl adjacent to an activating group) is 1. The number of likely N-dealkylation sites (tertiary alicyclic amines) is 1. The van der Waals surface area contributed by atoms with E-state index in [4.69, 9.17) is 9.90 Å². The minimum Gasteiger partial charge on any atom is -0.483 e. The number of rotatable bonds is 5. The summed E-state index contributed by atoms with van der Waals surface area (Å²) in [5.74, 6) is 0.755. The van der Waals surface area contributed by atoms with Gasteiger partial charge in [-0.1, -0.05) is 13.0 Å². The first kappa shape index (κ1) is 21.1. The molecule has 0 amide bonds. The molecule has 0 aliphatic carbocycles. The Labute approximate surface area is 173 Å². The summed E-state index contributed by atoms with van der Waals surface area (Å²) in [5, 5.41) is 7.92. The van der Waals surface area contributed by atoms with Gasteiger partial charge in [-0.05, 0) is 55.8 Å².